The van der Waals surface area contributed by atoms with Gasteiger partial charge < -0.3 is 14.4 Å². The highest BCUT2D eigenvalue weighted by Gasteiger charge is 2.40. The first-order valence-electron chi connectivity index (χ1n) is 10.1. The topological polar surface area (TPSA) is 72.9 Å². The fourth-order valence-corrected chi connectivity index (χ4v) is 5.60. The standard InChI is InChI=1S/C24H25NO5S/c1-29-18-8-10-19(11-9-18)31(27,28)20-15-25(16-20)24(26)14-12-22-21-6-4-3-5-17(21)7-13-23(22)30-2/h3-11,13,20H,12,14-16H2,1-2H3. The van der Waals surface area contributed by atoms with Crippen molar-refractivity contribution >= 4 is 26.5 Å². The molecular weight excluding hydrogens is 414 g/mol. The zero-order valence-corrected chi connectivity index (χ0v) is 18.4. The van der Waals surface area contributed by atoms with Crippen molar-refractivity contribution in [3.63, 3.8) is 0 Å². The number of fused-ring (bicyclic) bond motifs is 1. The van der Waals surface area contributed by atoms with E-state index in [2.05, 4.69) is 0 Å². The third-order valence-electron chi connectivity index (χ3n) is 5.83. The summed E-state index contributed by atoms with van der Waals surface area (Å²) in [4.78, 5) is 14.6. The van der Waals surface area contributed by atoms with E-state index in [-0.39, 0.29) is 23.9 Å². The zero-order chi connectivity index (χ0) is 22.0. The number of nitrogens with zero attached hydrogens (tertiary/aromatic N) is 1. The van der Waals surface area contributed by atoms with E-state index in [0.29, 0.717) is 18.6 Å². The van der Waals surface area contributed by atoms with Crippen LogP contribution >= 0.6 is 0 Å². The fourth-order valence-electron chi connectivity index (χ4n) is 3.95. The Morgan fingerprint density at radius 1 is 0.968 bits per heavy atom. The number of amides is 1. The summed E-state index contributed by atoms with van der Waals surface area (Å²) in [5.74, 6) is 1.32. The van der Waals surface area contributed by atoms with E-state index in [1.807, 2.05) is 36.4 Å². The van der Waals surface area contributed by atoms with Crippen molar-refractivity contribution in [2.24, 2.45) is 0 Å². The van der Waals surface area contributed by atoms with Crippen LogP contribution in [0.1, 0.15) is 12.0 Å². The number of hydrogen-bond donors (Lipinski definition) is 0. The molecule has 1 heterocycles. The molecule has 3 aromatic carbocycles. The van der Waals surface area contributed by atoms with Gasteiger partial charge in [-0.3, -0.25) is 4.79 Å². The molecule has 6 nitrogen and oxygen atoms in total. The van der Waals surface area contributed by atoms with Gasteiger partial charge in [0.2, 0.25) is 5.91 Å². The van der Waals surface area contributed by atoms with E-state index >= 15 is 0 Å². The second-order valence-corrected chi connectivity index (χ2v) is 9.84. The van der Waals surface area contributed by atoms with Crippen molar-refractivity contribution in [2.75, 3.05) is 27.3 Å². The maximum atomic E-state index is 12.8. The molecule has 1 amide bonds. The van der Waals surface area contributed by atoms with Gasteiger partial charge in [0.15, 0.2) is 9.84 Å². The van der Waals surface area contributed by atoms with Crippen LogP contribution in [0.5, 0.6) is 11.5 Å². The van der Waals surface area contributed by atoms with Crippen molar-refractivity contribution in [1.82, 2.24) is 4.90 Å². The van der Waals surface area contributed by atoms with Gasteiger partial charge >= 0.3 is 0 Å². The summed E-state index contributed by atoms with van der Waals surface area (Å²) in [5, 5.41) is 1.59. The van der Waals surface area contributed by atoms with Gasteiger partial charge in [-0.15, -0.1) is 0 Å². The number of ether oxygens (including phenoxy) is 2. The number of carbonyl (C=O) groups is 1. The monoisotopic (exact) mass is 439 g/mol. The number of sulfone groups is 1. The molecule has 31 heavy (non-hydrogen) atoms. The number of hydrogen-bond acceptors (Lipinski definition) is 5. The van der Waals surface area contributed by atoms with E-state index in [1.54, 1.807) is 36.3 Å². The van der Waals surface area contributed by atoms with Gasteiger partial charge in [-0.2, -0.15) is 0 Å². The lowest BCUT2D eigenvalue weighted by atomic mass is 9.99. The van der Waals surface area contributed by atoms with Gasteiger partial charge in [0.25, 0.3) is 0 Å². The number of aryl methyl sites for hydroxylation is 1. The summed E-state index contributed by atoms with van der Waals surface area (Å²) in [7, 11) is -0.311. The highest BCUT2D eigenvalue weighted by molar-refractivity contribution is 7.92. The molecule has 3 aromatic rings. The van der Waals surface area contributed by atoms with E-state index in [1.165, 1.54) is 7.11 Å². The third-order valence-corrected chi connectivity index (χ3v) is 7.94. The largest absolute Gasteiger partial charge is 0.497 e. The molecule has 0 unspecified atom stereocenters. The van der Waals surface area contributed by atoms with Crippen molar-refractivity contribution in [3.8, 4) is 11.5 Å². The first-order chi connectivity index (χ1) is 14.9. The molecule has 4 rings (SSSR count). The highest BCUT2D eigenvalue weighted by atomic mass is 32.2. The minimum absolute atomic E-state index is 0.0452. The van der Waals surface area contributed by atoms with Gasteiger partial charge in [-0.1, -0.05) is 30.3 Å². The fraction of sp³-hybridized carbons (Fsp3) is 0.292. The quantitative estimate of drug-likeness (QED) is 0.564. The molecule has 0 atom stereocenters. The summed E-state index contributed by atoms with van der Waals surface area (Å²) >= 11 is 0. The van der Waals surface area contributed by atoms with Gasteiger partial charge in [0, 0.05) is 25.1 Å². The minimum atomic E-state index is -3.47. The van der Waals surface area contributed by atoms with Crippen LogP contribution in [0.25, 0.3) is 10.8 Å². The molecule has 0 bridgehead atoms. The maximum Gasteiger partial charge on any atom is 0.222 e. The molecule has 0 N–H and O–H groups in total. The third kappa shape index (κ3) is 4.10. The lowest BCUT2D eigenvalue weighted by Crippen LogP contribution is -2.56. The first-order valence-corrected chi connectivity index (χ1v) is 11.7. The van der Waals surface area contributed by atoms with Crippen molar-refractivity contribution in [3.05, 3.63) is 66.2 Å². The van der Waals surface area contributed by atoms with Crippen LogP contribution in [-0.4, -0.2) is 51.8 Å². The molecule has 7 heteroatoms. The smallest absolute Gasteiger partial charge is 0.222 e. The highest BCUT2D eigenvalue weighted by Crippen LogP contribution is 2.30. The van der Waals surface area contributed by atoms with Crippen LogP contribution in [0.2, 0.25) is 0 Å². The Morgan fingerprint density at radius 2 is 1.68 bits per heavy atom. The van der Waals surface area contributed by atoms with Gasteiger partial charge in [0.1, 0.15) is 16.7 Å². The maximum absolute atomic E-state index is 12.8. The molecule has 1 saturated heterocycles. The van der Waals surface area contributed by atoms with Crippen LogP contribution in [0.15, 0.2) is 65.6 Å². The number of carbonyl (C=O) groups excluding carboxylic acids is 1. The van der Waals surface area contributed by atoms with E-state index in [0.717, 1.165) is 22.1 Å². The number of likely N-dealkylation sites (tertiary alicyclic amines) is 1. The molecule has 0 radical (unpaired) electrons. The van der Waals surface area contributed by atoms with Crippen LogP contribution < -0.4 is 9.47 Å². The average molecular weight is 440 g/mol. The second-order valence-electron chi connectivity index (χ2n) is 7.61. The van der Waals surface area contributed by atoms with Crippen molar-refractivity contribution in [2.45, 2.75) is 23.0 Å². The molecule has 1 fully saturated rings. The van der Waals surface area contributed by atoms with Crippen molar-refractivity contribution < 1.29 is 22.7 Å². The Balaban J connectivity index is 1.40. The van der Waals surface area contributed by atoms with Crippen molar-refractivity contribution in [1.29, 1.82) is 0 Å². The van der Waals surface area contributed by atoms with E-state index in [4.69, 9.17) is 9.47 Å². The molecule has 0 aromatic heterocycles. The zero-order valence-electron chi connectivity index (χ0n) is 17.6. The summed E-state index contributed by atoms with van der Waals surface area (Å²) in [6, 6.07) is 18.3. The number of benzene rings is 3. The summed E-state index contributed by atoms with van der Waals surface area (Å²) in [5.41, 5.74) is 0.997. The second kappa shape index (κ2) is 8.59. The van der Waals surface area contributed by atoms with Gasteiger partial charge in [-0.25, -0.2) is 8.42 Å². The summed E-state index contributed by atoms with van der Waals surface area (Å²) < 4.78 is 36.2. The Morgan fingerprint density at radius 3 is 2.35 bits per heavy atom. The molecule has 0 saturated carbocycles. The van der Waals surface area contributed by atoms with Crippen LogP contribution in [-0.2, 0) is 21.1 Å². The molecule has 0 aliphatic carbocycles. The SMILES string of the molecule is COc1ccc(S(=O)(=O)C2CN(C(=O)CCc3c(OC)ccc4ccccc34)C2)cc1. The predicted molar refractivity (Wildman–Crippen MR) is 119 cm³/mol. The average Bonchev–Trinajstić information content (AvgIpc) is 2.76. The van der Waals surface area contributed by atoms with E-state index < -0.39 is 15.1 Å². The molecule has 0 spiro atoms. The predicted octanol–water partition coefficient (Wildman–Crippen LogP) is 3.47. The van der Waals surface area contributed by atoms with Gasteiger partial charge in [0.05, 0.1) is 19.1 Å². The number of methoxy groups -OCH3 is 2. The van der Waals surface area contributed by atoms with Gasteiger partial charge in [-0.05, 0) is 47.5 Å². The molecule has 1 aliphatic rings. The van der Waals surface area contributed by atoms with Crippen LogP contribution in [0.3, 0.4) is 0 Å². The van der Waals surface area contributed by atoms with Crippen LogP contribution in [0, 0.1) is 0 Å². The van der Waals surface area contributed by atoms with Crippen LogP contribution in [0.4, 0.5) is 0 Å². The Labute approximate surface area is 182 Å². The Bertz CT molecular complexity index is 1200. The summed E-state index contributed by atoms with van der Waals surface area (Å²) in [6.45, 7) is 0.444. The number of rotatable bonds is 7. The van der Waals surface area contributed by atoms with E-state index in [9.17, 15) is 13.2 Å². The normalized spacial score (nSPS) is 14.3. The Kier molecular flexibility index (Phi) is 5.87. The minimum Gasteiger partial charge on any atom is -0.497 e. The Hall–Kier alpha value is -3.06. The lowest BCUT2D eigenvalue weighted by molar-refractivity contribution is -0.134. The molecule has 162 valence electrons. The lowest BCUT2D eigenvalue weighted by Gasteiger charge is -2.38. The molecular formula is C24H25NO5S. The molecule has 1 aliphatic heterocycles. The first kappa shape index (κ1) is 21.2. The summed E-state index contributed by atoms with van der Waals surface area (Å²) in [6.07, 6.45) is 0.843.